The summed E-state index contributed by atoms with van der Waals surface area (Å²) in [6.07, 6.45) is 1.64. The number of alkyl halides is 1. The second-order valence-corrected chi connectivity index (χ2v) is 9.67. The van der Waals surface area contributed by atoms with Gasteiger partial charge in [-0.05, 0) is 50.7 Å². The molecule has 2 amide bonds. The largest absolute Gasteiger partial charge is 0.370 e. The summed E-state index contributed by atoms with van der Waals surface area (Å²) in [5.41, 5.74) is 12.1. The van der Waals surface area contributed by atoms with Crippen molar-refractivity contribution in [2.75, 3.05) is 19.8 Å². The third-order valence-electron chi connectivity index (χ3n) is 6.48. The van der Waals surface area contributed by atoms with E-state index in [1.165, 1.54) is 4.90 Å². The van der Waals surface area contributed by atoms with Gasteiger partial charge in [0.15, 0.2) is 17.5 Å². The molecular formula is C26H38FN5O4. The first-order valence-electron chi connectivity index (χ1n) is 12.4. The summed E-state index contributed by atoms with van der Waals surface area (Å²) in [4.78, 5) is 56.9. The van der Waals surface area contributed by atoms with Crippen molar-refractivity contribution >= 4 is 29.3 Å². The molecule has 3 atom stereocenters. The number of nitrogens with one attached hydrogen (secondary N) is 1. The Kier molecular flexibility index (Phi) is 11.0. The quantitative estimate of drug-likeness (QED) is 0.213. The van der Waals surface area contributed by atoms with Gasteiger partial charge in [0.25, 0.3) is 5.91 Å². The molecule has 0 bridgehead atoms. The number of hydrogen-bond donors (Lipinski definition) is 3. The summed E-state index contributed by atoms with van der Waals surface area (Å²) in [5.74, 6) is -2.69. The van der Waals surface area contributed by atoms with Crippen molar-refractivity contribution < 1.29 is 23.6 Å². The van der Waals surface area contributed by atoms with Crippen LogP contribution in [0.25, 0.3) is 0 Å². The highest BCUT2D eigenvalue weighted by atomic mass is 19.1. The molecule has 1 aromatic carbocycles. The summed E-state index contributed by atoms with van der Waals surface area (Å²) in [6, 6.07) is 5.52. The van der Waals surface area contributed by atoms with Crippen LogP contribution in [0.5, 0.6) is 0 Å². The van der Waals surface area contributed by atoms with Gasteiger partial charge in [-0.3, -0.25) is 24.2 Å². The Bertz CT molecular complexity index is 960. The highest BCUT2D eigenvalue weighted by Gasteiger charge is 2.39. The topological polar surface area (TPSA) is 148 Å². The first-order valence-corrected chi connectivity index (χ1v) is 12.4. The standard InChI is InChI=1S/C26H38FN5O4/c1-16(2)23(31-24(35)18-10-8-17(3)9-11-18)25(36)32-13-5-7-20(32)21(33)14-19(22(34)15-27)6-4-12-30-26(28)29/h8-11,16,19-20,23H,4-7,12-15H2,1-3H3,(H,31,35)(H4,28,29,30)/t19-,20+,23+/m1/s1. The lowest BCUT2D eigenvalue weighted by Crippen LogP contribution is -2.54. The van der Waals surface area contributed by atoms with Gasteiger partial charge in [-0.15, -0.1) is 0 Å². The molecular weight excluding hydrogens is 465 g/mol. The van der Waals surface area contributed by atoms with Gasteiger partial charge in [-0.1, -0.05) is 31.5 Å². The minimum atomic E-state index is -1.16. The summed E-state index contributed by atoms with van der Waals surface area (Å²) in [6.45, 7) is 5.08. The van der Waals surface area contributed by atoms with Crippen molar-refractivity contribution in [3.63, 3.8) is 0 Å². The molecule has 198 valence electrons. The monoisotopic (exact) mass is 503 g/mol. The van der Waals surface area contributed by atoms with E-state index < -0.39 is 30.5 Å². The van der Waals surface area contributed by atoms with Crippen LogP contribution in [0.1, 0.15) is 61.9 Å². The van der Waals surface area contributed by atoms with Gasteiger partial charge in [0.2, 0.25) is 5.91 Å². The summed E-state index contributed by atoms with van der Waals surface area (Å²) in [5, 5.41) is 2.82. The average molecular weight is 504 g/mol. The van der Waals surface area contributed by atoms with E-state index in [4.69, 9.17) is 11.5 Å². The minimum absolute atomic E-state index is 0.0752. The van der Waals surface area contributed by atoms with Crippen molar-refractivity contribution in [1.29, 1.82) is 0 Å². The van der Waals surface area contributed by atoms with Crippen LogP contribution in [0, 0.1) is 18.8 Å². The summed E-state index contributed by atoms with van der Waals surface area (Å²) >= 11 is 0. The molecule has 1 aliphatic heterocycles. The molecule has 1 saturated heterocycles. The highest BCUT2D eigenvalue weighted by Crippen LogP contribution is 2.25. The van der Waals surface area contributed by atoms with Crippen LogP contribution < -0.4 is 16.8 Å². The van der Waals surface area contributed by atoms with E-state index in [-0.39, 0.29) is 48.9 Å². The van der Waals surface area contributed by atoms with Crippen molar-refractivity contribution in [3.05, 3.63) is 35.4 Å². The van der Waals surface area contributed by atoms with Crippen LogP contribution in [-0.2, 0) is 14.4 Å². The Hall–Kier alpha value is -3.30. The number of aryl methyl sites for hydroxylation is 1. The molecule has 0 aromatic heterocycles. The van der Waals surface area contributed by atoms with E-state index in [1.54, 1.807) is 12.1 Å². The lowest BCUT2D eigenvalue weighted by molar-refractivity contribution is -0.140. The zero-order valence-electron chi connectivity index (χ0n) is 21.3. The van der Waals surface area contributed by atoms with Gasteiger partial charge >= 0.3 is 0 Å². The van der Waals surface area contributed by atoms with E-state index >= 15 is 0 Å². The molecule has 0 unspecified atom stereocenters. The average Bonchev–Trinajstić information content (AvgIpc) is 3.33. The normalized spacial score (nSPS) is 16.9. The van der Waals surface area contributed by atoms with Gasteiger partial charge in [0, 0.05) is 31.0 Å². The Morgan fingerprint density at radius 1 is 1.17 bits per heavy atom. The summed E-state index contributed by atoms with van der Waals surface area (Å²) in [7, 11) is 0. The number of likely N-dealkylation sites (tertiary alicyclic amines) is 1. The maximum absolute atomic E-state index is 13.5. The van der Waals surface area contributed by atoms with E-state index in [1.807, 2.05) is 32.9 Å². The van der Waals surface area contributed by atoms with Gasteiger partial charge in [-0.25, -0.2) is 4.39 Å². The van der Waals surface area contributed by atoms with E-state index in [0.29, 0.717) is 31.4 Å². The van der Waals surface area contributed by atoms with Crippen LogP contribution in [-0.4, -0.2) is 66.1 Å². The fourth-order valence-corrected chi connectivity index (χ4v) is 4.40. The lowest BCUT2D eigenvalue weighted by atomic mass is 9.90. The third kappa shape index (κ3) is 8.13. The molecule has 1 aromatic rings. The zero-order chi connectivity index (χ0) is 26.8. The van der Waals surface area contributed by atoms with Crippen LogP contribution in [0.4, 0.5) is 4.39 Å². The van der Waals surface area contributed by atoms with Gasteiger partial charge in [-0.2, -0.15) is 0 Å². The van der Waals surface area contributed by atoms with Crippen LogP contribution in [0.15, 0.2) is 29.3 Å². The Labute approximate surface area is 211 Å². The highest BCUT2D eigenvalue weighted by molar-refractivity contribution is 5.99. The first-order chi connectivity index (χ1) is 17.0. The third-order valence-corrected chi connectivity index (χ3v) is 6.48. The van der Waals surface area contributed by atoms with Crippen molar-refractivity contribution in [1.82, 2.24) is 10.2 Å². The number of benzene rings is 1. The van der Waals surface area contributed by atoms with Crippen molar-refractivity contribution in [3.8, 4) is 0 Å². The Morgan fingerprint density at radius 3 is 2.42 bits per heavy atom. The number of Topliss-reactive ketones (excluding diaryl/α,β-unsaturated/α-hetero) is 2. The van der Waals surface area contributed by atoms with E-state index in [9.17, 15) is 23.6 Å². The number of hydrogen-bond acceptors (Lipinski definition) is 5. The number of halogens is 1. The fourth-order valence-electron chi connectivity index (χ4n) is 4.40. The number of aliphatic imine (C=N–C) groups is 1. The number of nitrogens with two attached hydrogens (primary N) is 2. The van der Waals surface area contributed by atoms with Crippen molar-refractivity contribution in [2.24, 2.45) is 28.3 Å². The molecule has 0 radical (unpaired) electrons. The molecule has 10 heteroatoms. The number of guanidine groups is 1. The molecule has 1 fully saturated rings. The van der Waals surface area contributed by atoms with Crippen LogP contribution >= 0.6 is 0 Å². The van der Waals surface area contributed by atoms with Crippen LogP contribution in [0.3, 0.4) is 0 Å². The first kappa shape index (κ1) is 28.9. The number of amides is 2. The number of nitrogens with zero attached hydrogens (tertiary/aromatic N) is 2. The summed E-state index contributed by atoms with van der Waals surface area (Å²) < 4.78 is 13.2. The zero-order valence-corrected chi connectivity index (χ0v) is 21.3. The van der Waals surface area contributed by atoms with Gasteiger partial charge in [0.05, 0.1) is 6.04 Å². The molecule has 1 heterocycles. The van der Waals surface area contributed by atoms with E-state index in [2.05, 4.69) is 10.3 Å². The predicted octanol–water partition coefficient (Wildman–Crippen LogP) is 1.91. The lowest BCUT2D eigenvalue weighted by Gasteiger charge is -2.31. The number of carbonyl (C=O) groups is 4. The molecule has 0 saturated carbocycles. The molecule has 0 spiro atoms. The number of rotatable bonds is 13. The predicted molar refractivity (Wildman–Crippen MR) is 136 cm³/mol. The maximum atomic E-state index is 13.5. The minimum Gasteiger partial charge on any atom is -0.370 e. The second kappa shape index (κ2) is 13.7. The Morgan fingerprint density at radius 2 is 1.83 bits per heavy atom. The smallest absolute Gasteiger partial charge is 0.251 e. The molecule has 0 aliphatic carbocycles. The molecule has 1 aliphatic rings. The van der Waals surface area contributed by atoms with Gasteiger partial charge in [0.1, 0.15) is 12.7 Å². The fraction of sp³-hybridized carbons (Fsp3) is 0.577. The maximum Gasteiger partial charge on any atom is 0.251 e. The van der Waals surface area contributed by atoms with Gasteiger partial charge < -0.3 is 21.7 Å². The van der Waals surface area contributed by atoms with E-state index in [0.717, 1.165) is 5.56 Å². The Balaban J connectivity index is 2.09. The number of ketones is 2. The van der Waals surface area contributed by atoms with Crippen LogP contribution in [0.2, 0.25) is 0 Å². The molecule has 5 N–H and O–H groups in total. The molecule has 2 rings (SSSR count). The molecule has 36 heavy (non-hydrogen) atoms. The van der Waals surface area contributed by atoms with Crippen molar-refractivity contribution in [2.45, 2.75) is 65.0 Å². The molecule has 9 nitrogen and oxygen atoms in total. The number of carbonyl (C=O) groups excluding carboxylic acids is 4. The SMILES string of the molecule is Cc1ccc(C(=O)N[C@H](C(=O)N2CCC[C@H]2C(=O)C[C@@H](CCCN=C(N)N)C(=O)CF)C(C)C)cc1. The second-order valence-electron chi connectivity index (χ2n) is 9.67.